The van der Waals surface area contributed by atoms with E-state index >= 15 is 0 Å². The number of likely N-dealkylation sites (tertiary alicyclic amines) is 1. The Kier molecular flexibility index (Phi) is 5.35. The average Bonchev–Trinajstić information content (AvgIpc) is 2.91. The Labute approximate surface area is 161 Å². The van der Waals surface area contributed by atoms with Crippen LogP contribution in [0.2, 0.25) is 0 Å². The number of rotatable bonds is 4. The summed E-state index contributed by atoms with van der Waals surface area (Å²) in [6, 6.07) is 4.95. The molecule has 2 heterocycles. The van der Waals surface area contributed by atoms with Gasteiger partial charge in [0.25, 0.3) is 5.91 Å². The van der Waals surface area contributed by atoms with E-state index in [4.69, 9.17) is 4.74 Å². The standard InChI is InChI=1S/C19H22FN3O5/c1-19(13-5-3-4-6-14(13)20)17(26)23(18(27)21-19)11-15(24)22-9-7-12(8-10-22)16(25)28-2/h3-6,12H,7-11H2,1-2H3,(H,21,27). The quantitative estimate of drug-likeness (QED) is 0.610. The van der Waals surface area contributed by atoms with Crippen LogP contribution in [0.3, 0.4) is 0 Å². The molecule has 3 rings (SSSR count). The number of halogens is 1. The van der Waals surface area contributed by atoms with Gasteiger partial charge in [-0.1, -0.05) is 18.2 Å². The van der Waals surface area contributed by atoms with Gasteiger partial charge >= 0.3 is 12.0 Å². The highest BCUT2D eigenvalue weighted by molar-refractivity contribution is 6.09. The Hall–Kier alpha value is -2.97. The lowest BCUT2D eigenvalue weighted by Gasteiger charge is -2.31. The summed E-state index contributed by atoms with van der Waals surface area (Å²) in [5, 5.41) is 2.49. The first kappa shape index (κ1) is 19.8. The van der Waals surface area contributed by atoms with Gasteiger partial charge in [0.05, 0.1) is 13.0 Å². The normalized spacial score (nSPS) is 23.0. The smallest absolute Gasteiger partial charge is 0.325 e. The van der Waals surface area contributed by atoms with Gasteiger partial charge in [0.15, 0.2) is 0 Å². The molecule has 9 heteroatoms. The van der Waals surface area contributed by atoms with Crippen molar-refractivity contribution < 1.29 is 28.3 Å². The number of hydrogen-bond donors (Lipinski definition) is 1. The molecule has 150 valence electrons. The van der Waals surface area contributed by atoms with Crippen molar-refractivity contribution in [2.45, 2.75) is 25.3 Å². The van der Waals surface area contributed by atoms with Crippen molar-refractivity contribution in [3.05, 3.63) is 35.6 Å². The third kappa shape index (κ3) is 3.44. The van der Waals surface area contributed by atoms with Gasteiger partial charge in [-0.25, -0.2) is 9.18 Å². The van der Waals surface area contributed by atoms with Crippen LogP contribution >= 0.6 is 0 Å². The van der Waals surface area contributed by atoms with Gasteiger partial charge in [-0.2, -0.15) is 0 Å². The molecule has 0 saturated carbocycles. The van der Waals surface area contributed by atoms with E-state index in [2.05, 4.69) is 5.32 Å². The summed E-state index contributed by atoms with van der Waals surface area (Å²) in [4.78, 5) is 51.6. The molecule has 0 bridgehead atoms. The van der Waals surface area contributed by atoms with Crippen molar-refractivity contribution in [3.8, 4) is 0 Å². The second kappa shape index (κ2) is 7.57. The summed E-state index contributed by atoms with van der Waals surface area (Å²) in [6.45, 7) is 1.66. The minimum Gasteiger partial charge on any atom is -0.469 e. The molecule has 0 aromatic heterocycles. The Morgan fingerprint density at radius 1 is 1.25 bits per heavy atom. The van der Waals surface area contributed by atoms with Crippen LogP contribution in [-0.2, 0) is 24.7 Å². The summed E-state index contributed by atoms with van der Waals surface area (Å²) in [7, 11) is 1.32. The molecular weight excluding hydrogens is 369 g/mol. The molecule has 2 aliphatic rings. The van der Waals surface area contributed by atoms with E-state index in [0.717, 1.165) is 4.90 Å². The SMILES string of the molecule is COC(=O)C1CCN(C(=O)CN2C(=O)NC(C)(c3ccccc3F)C2=O)CC1. The van der Waals surface area contributed by atoms with Crippen LogP contribution < -0.4 is 5.32 Å². The van der Waals surface area contributed by atoms with E-state index in [1.54, 1.807) is 6.07 Å². The number of amides is 4. The first-order valence-electron chi connectivity index (χ1n) is 9.02. The topological polar surface area (TPSA) is 96.0 Å². The number of urea groups is 1. The minimum absolute atomic E-state index is 0.0437. The van der Waals surface area contributed by atoms with E-state index in [1.165, 1.54) is 37.1 Å². The number of imide groups is 1. The number of nitrogens with one attached hydrogen (secondary N) is 1. The zero-order chi connectivity index (χ0) is 20.5. The van der Waals surface area contributed by atoms with Crippen LogP contribution in [0.25, 0.3) is 0 Å². The van der Waals surface area contributed by atoms with Gasteiger partial charge in [0, 0.05) is 18.7 Å². The Balaban J connectivity index is 1.67. The van der Waals surface area contributed by atoms with Crippen LogP contribution in [0.1, 0.15) is 25.3 Å². The molecule has 2 saturated heterocycles. The van der Waals surface area contributed by atoms with Gasteiger partial charge in [-0.05, 0) is 25.8 Å². The second-order valence-corrected chi connectivity index (χ2v) is 7.10. The van der Waals surface area contributed by atoms with E-state index in [-0.39, 0.29) is 17.5 Å². The van der Waals surface area contributed by atoms with Crippen molar-refractivity contribution >= 4 is 23.8 Å². The van der Waals surface area contributed by atoms with Gasteiger partial charge in [0.1, 0.15) is 17.9 Å². The van der Waals surface area contributed by atoms with Gasteiger partial charge in [-0.3, -0.25) is 19.3 Å². The lowest BCUT2D eigenvalue weighted by molar-refractivity contribution is -0.149. The van der Waals surface area contributed by atoms with Gasteiger partial charge in [-0.15, -0.1) is 0 Å². The molecule has 2 aliphatic heterocycles. The zero-order valence-corrected chi connectivity index (χ0v) is 15.7. The lowest BCUT2D eigenvalue weighted by atomic mass is 9.91. The fourth-order valence-corrected chi connectivity index (χ4v) is 3.66. The van der Waals surface area contributed by atoms with E-state index in [1.807, 2.05) is 0 Å². The number of carbonyl (C=O) groups excluding carboxylic acids is 4. The largest absolute Gasteiger partial charge is 0.469 e. The summed E-state index contributed by atoms with van der Waals surface area (Å²) in [6.07, 6.45) is 0.928. The number of hydrogen-bond acceptors (Lipinski definition) is 5. The van der Waals surface area contributed by atoms with Crippen molar-refractivity contribution in [3.63, 3.8) is 0 Å². The van der Waals surface area contributed by atoms with Crippen molar-refractivity contribution in [1.29, 1.82) is 0 Å². The fourth-order valence-electron chi connectivity index (χ4n) is 3.66. The van der Waals surface area contributed by atoms with E-state index in [0.29, 0.717) is 25.9 Å². The molecule has 4 amide bonds. The van der Waals surface area contributed by atoms with Crippen LogP contribution in [0.4, 0.5) is 9.18 Å². The highest BCUT2D eigenvalue weighted by Crippen LogP contribution is 2.30. The maximum Gasteiger partial charge on any atom is 0.325 e. The first-order valence-corrected chi connectivity index (χ1v) is 9.02. The Morgan fingerprint density at radius 3 is 2.50 bits per heavy atom. The van der Waals surface area contributed by atoms with Crippen LogP contribution in [-0.4, -0.2) is 60.4 Å². The summed E-state index contributed by atoms with van der Waals surface area (Å²) in [5.74, 6) is -2.25. The average molecular weight is 391 g/mol. The molecule has 0 aliphatic carbocycles. The number of esters is 1. The number of methoxy groups -OCH3 is 1. The molecule has 1 atom stereocenters. The zero-order valence-electron chi connectivity index (χ0n) is 15.7. The Morgan fingerprint density at radius 2 is 1.89 bits per heavy atom. The molecule has 0 radical (unpaired) electrons. The van der Waals surface area contributed by atoms with E-state index < -0.39 is 35.7 Å². The Bertz CT molecular complexity index is 822. The fraction of sp³-hybridized carbons (Fsp3) is 0.474. The molecule has 0 spiro atoms. The van der Waals surface area contributed by atoms with Crippen LogP contribution in [0.5, 0.6) is 0 Å². The van der Waals surface area contributed by atoms with Crippen LogP contribution in [0, 0.1) is 11.7 Å². The summed E-state index contributed by atoms with van der Waals surface area (Å²) >= 11 is 0. The third-order valence-corrected chi connectivity index (χ3v) is 5.36. The summed E-state index contributed by atoms with van der Waals surface area (Å²) < 4.78 is 18.9. The lowest BCUT2D eigenvalue weighted by Crippen LogP contribution is -2.47. The maximum absolute atomic E-state index is 14.2. The molecule has 1 N–H and O–H groups in total. The molecule has 8 nitrogen and oxygen atoms in total. The number of nitrogens with zero attached hydrogens (tertiary/aromatic N) is 2. The molecule has 1 unspecified atom stereocenters. The second-order valence-electron chi connectivity index (χ2n) is 7.10. The first-order chi connectivity index (χ1) is 13.3. The van der Waals surface area contributed by atoms with Gasteiger partial charge < -0.3 is 15.0 Å². The van der Waals surface area contributed by atoms with E-state index in [9.17, 15) is 23.6 Å². The highest BCUT2D eigenvalue weighted by Gasteiger charge is 2.51. The molecule has 1 aromatic rings. The predicted octanol–water partition coefficient (Wildman–Crippen LogP) is 1.00. The highest BCUT2D eigenvalue weighted by atomic mass is 19.1. The van der Waals surface area contributed by atoms with Gasteiger partial charge in [0.2, 0.25) is 5.91 Å². The molecule has 2 fully saturated rings. The maximum atomic E-state index is 14.2. The van der Waals surface area contributed by atoms with Crippen LogP contribution in [0.15, 0.2) is 24.3 Å². The number of ether oxygens (including phenoxy) is 1. The van der Waals surface area contributed by atoms with Crippen molar-refractivity contribution in [2.24, 2.45) is 5.92 Å². The third-order valence-electron chi connectivity index (χ3n) is 5.36. The number of benzene rings is 1. The molecular formula is C19H22FN3O5. The van der Waals surface area contributed by atoms with Crippen molar-refractivity contribution in [1.82, 2.24) is 15.1 Å². The number of piperidine rings is 1. The monoisotopic (exact) mass is 391 g/mol. The molecule has 28 heavy (non-hydrogen) atoms. The minimum atomic E-state index is -1.57. The van der Waals surface area contributed by atoms with Crippen molar-refractivity contribution in [2.75, 3.05) is 26.7 Å². The number of carbonyl (C=O) groups is 4. The molecule has 1 aromatic carbocycles. The summed E-state index contributed by atoms with van der Waals surface area (Å²) in [5.41, 5.74) is -1.53. The predicted molar refractivity (Wildman–Crippen MR) is 95.3 cm³/mol.